The number of carbonyl (C=O) groups is 2. The number of carbonyl (C=O) groups excluding carboxylic acids is 2. The number of H-pyrrole nitrogens is 1. The van der Waals surface area contributed by atoms with Gasteiger partial charge in [0.25, 0.3) is 11.6 Å². The number of fused-ring (bicyclic) bond motifs is 1. The Bertz CT molecular complexity index is 1510. The minimum absolute atomic E-state index is 0.0607. The van der Waals surface area contributed by atoms with Crippen molar-refractivity contribution in [1.82, 2.24) is 25.2 Å². The van der Waals surface area contributed by atoms with E-state index in [0.717, 1.165) is 11.1 Å². The Morgan fingerprint density at radius 1 is 1.08 bits per heavy atom. The maximum absolute atomic E-state index is 13.5. The second-order valence-electron chi connectivity index (χ2n) is 9.15. The summed E-state index contributed by atoms with van der Waals surface area (Å²) in [4.78, 5) is 53.6. The van der Waals surface area contributed by atoms with E-state index in [0.29, 0.717) is 62.0 Å². The Hall–Kier alpha value is -5.00. The van der Waals surface area contributed by atoms with Crippen molar-refractivity contribution in [3.8, 4) is 0 Å². The van der Waals surface area contributed by atoms with Gasteiger partial charge in [-0.2, -0.15) is 0 Å². The molecule has 0 aliphatic carbocycles. The summed E-state index contributed by atoms with van der Waals surface area (Å²) >= 11 is 0. The number of aromatic amines is 1. The molecule has 1 saturated heterocycles. The number of piperazine rings is 1. The van der Waals surface area contributed by atoms with Crippen molar-refractivity contribution >= 4 is 45.7 Å². The van der Waals surface area contributed by atoms with Crippen LogP contribution in [0.2, 0.25) is 0 Å². The second kappa shape index (κ2) is 11.2. The molecular formula is C27H28N8O4. The van der Waals surface area contributed by atoms with E-state index in [4.69, 9.17) is 0 Å². The molecule has 1 aliphatic heterocycles. The third-order valence-electron chi connectivity index (χ3n) is 6.69. The van der Waals surface area contributed by atoms with Gasteiger partial charge in [0.1, 0.15) is 23.5 Å². The Kier molecular flexibility index (Phi) is 7.34. The molecule has 0 spiro atoms. The summed E-state index contributed by atoms with van der Waals surface area (Å²) in [6.45, 7) is 4.15. The van der Waals surface area contributed by atoms with Crippen LogP contribution in [0.1, 0.15) is 17.3 Å². The van der Waals surface area contributed by atoms with Crippen LogP contribution in [0, 0.1) is 10.1 Å². The highest BCUT2D eigenvalue weighted by Gasteiger charge is 2.26. The van der Waals surface area contributed by atoms with Gasteiger partial charge in [0, 0.05) is 69.7 Å². The summed E-state index contributed by atoms with van der Waals surface area (Å²) in [5, 5.41) is 15.1. The number of nitrogens with one attached hydrogen (secondary N) is 2. The predicted octanol–water partition coefficient (Wildman–Crippen LogP) is 3.10. The molecule has 12 heteroatoms. The largest absolute Gasteiger partial charge is 0.362 e. The Labute approximate surface area is 224 Å². The van der Waals surface area contributed by atoms with Crippen LogP contribution in [-0.2, 0) is 4.79 Å². The summed E-state index contributed by atoms with van der Waals surface area (Å²) < 4.78 is 0. The average molecular weight is 529 g/mol. The van der Waals surface area contributed by atoms with Crippen LogP contribution in [0.3, 0.4) is 0 Å². The molecule has 1 aliphatic rings. The van der Waals surface area contributed by atoms with Crippen molar-refractivity contribution in [2.24, 2.45) is 0 Å². The van der Waals surface area contributed by atoms with Crippen molar-refractivity contribution in [2.45, 2.75) is 6.92 Å². The zero-order valence-corrected chi connectivity index (χ0v) is 21.4. The highest BCUT2D eigenvalue weighted by atomic mass is 16.6. The van der Waals surface area contributed by atoms with Gasteiger partial charge in [-0.1, -0.05) is 18.2 Å². The van der Waals surface area contributed by atoms with Crippen LogP contribution in [0.4, 0.5) is 22.9 Å². The van der Waals surface area contributed by atoms with Gasteiger partial charge in [0.2, 0.25) is 5.91 Å². The van der Waals surface area contributed by atoms with Gasteiger partial charge in [-0.15, -0.1) is 0 Å². The molecule has 0 radical (unpaired) electrons. The SMILES string of the molecule is CC(=O)NCCN(c1cccc(C(=O)N2CCN(c3ccccc3[N+](=O)[O-])CC2)c1)c1ncnc2[nH]ccc12. The van der Waals surface area contributed by atoms with Crippen molar-refractivity contribution in [3.63, 3.8) is 0 Å². The number of nitro groups is 1. The third-order valence-corrected chi connectivity index (χ3v) is 6.69. The van der Waals surface area contributed by atoms with E-state index >= 15 is 0 Å². The van der Waals surface area contributed by atoms with Gasteiger partial charge in [0.15, 0.2) is 0 Å². The van der Waals surface area contributed by atoms with Crippen molar-refractivity contribution in [1.29, 1.82) is 0 Å². The molecule has 12 nitrogen and oxygen atoms in total. The smallest absolute Gasteiger partial charge is 0.292 e. The molecule has 200 valence electrons. The van der Waals surface area contributed by atoms with E-state index in [-0.39, 0.29) is 22.4 Å². The van der Waals surface area contributed by atoms with Gasteiger partial charge in [-0.3, -0.25) is 19.7 Å². The van der Waals surface area contributed by atoms with Crippen LogP contribution in [-0.4, -0.2) is 75.9 Å². The first-order chi connectivity index (χ1) is 18.9. The molecule has 2 N–H and O–H groups in total. The first-order valence-electron chi connectivity index (χ1n) is 12.6. The normalized spacial score (nSPS) is 13.4. The number of anilines is 3. The maximum atomic E-state index is 13.5. The number of nitrogens with zero attached hydrogens (tertiary/aromatic N) is 6. The van der Waals surface area contributed by atoms with Gasteiger partial charge in [-0.25, -0.2) is 9.97 Å². The lowest BCUT2D eigenvalue weighted by Crippen LogP contribution is -2.49. The van der Waals surface area contributed by atoms with Crippen LogP contribution in [0.25, 0.3) is 11.0 Å². The van der Waals surface area contributed by atoms with Crippen molar-refractivity contribution in [2.75, 3.05) is 49.1 Å². The minimum Gasteiger partial charge on any atom is -0.362 e. The van der Waals surface area contributed by atoms with Gasteiger partial charge >= 0.3 is 0 Å². The average Bonchev–Trinajstić information content (AvgIpc) is 3.44. The monoisotopic (exact) mass is 528 g/mol. The van der Waals surface area contributed by atoms with E-state index < -0.39 is 0 Å². The van der Waals surface area contributed by atoms with E-state index in [1.807, 2.05) is 34.1 Å². The molecule has 1 fully saturated rings. The lowest BCUT2D eigenvalue weighted by molar-refractivity contribution is -0.384. The fourth-order valence-electron chi connectivity index (χ4n) is 4.80. The summed E-state index contributed by atoms with van der Waals surface area (Å²) in [5.41, 5.74) is 2.59. The van der Waals surface area contributed by atoms with Gasteiger partial charge in [-0.05, 0) is 30.3 Å². The molecule has 39 heavy (non-hydrogen) atoms. The van der Waals surface area contributed by atoms with Gasteiger partial charge in [0.05, 0.1) is 10.3 Å². The number of hydrogen-bond donors (Lipinski definition) is 2. The molecule has 4 aromatic rings. The molecular weight excluding hydrogens is 500 g/mol. The number of rotatable bonds is 8. The lowest BCUT2D eigenvalue weighted by Gasteiger charge is -2.36. The number of benzene rings is 2. The molecule has 3 heterocycles. The van der Waals surface area contributed by atoms with Crippen molar-refractivity contribution in [3.05, 3.63) is 82.8 Å². The predicted molar refractivity (Wildman–Crippen MR) is 147 cm³/mol. The number of para-hydroxylation sites is 2. The number of aromatic nitrogens is 3. The Morgan fingerprint density at radius 2 is 1.87 bits per heavy atom. The Morgan fingerprint density at radius 3 is 2.64 bits per heavy atom. The topological polar surface area (TPSA) is 141 Å². The van der Waals surface area contributed by atoms with Crippen LogP contribution in [0.5, 0.6) is 0 Å². The zero-order chi connectivity index (χ0) is 27.4. The van der Waals surface area contributed by atoms with Crippen LogP contribution in [0.15, 0.2) is 67.1 Å². The molecule has 0 bridgehead atoms. The minimum atomic E-state index is -0.380. The fourth-order valence-corrected chi connectivity index (χ4v) is 4.80. The molecule has 0 unspecified atom stereocenters. The quantitative estimate of drug-likeness (QED) is 0.263. The van der Waals surface area contributed by atoms with E-state index in [1.165, 1.54) is 19.3 Å². The number of nitro benzene ring substituents is 1. The molecule has 2 aromatic carbocycles. The summed E-state index contributed by atoms with van der Waals surface area (Å²) in [5.74, 6) is 0.415. The van der Waals surface area contributed by atoms with Gasteiger partial charge < -0.3 is 25.0 Å². The molecule has 5 rings (SSSR count). The van der Waals surface area contributed by atoms with Crippen LogP contribution < -0.4 is 15.1 Å². The molecule has 2 amide bonds. The molecule has 0 atom stereocenters. The highest BCUT2D eigenvalue weighted by molar-refractivity contribution is 5.96. The third kappa shape index (κ3) is 5.49. The van der Waals surface area contributed by atoms with Crippen LogP contribution >= 0.6 is 0 Å². The summed E-state index contributed by atoms with van der Waals surface area (Å²) in [6, 6.07) is 15.9. The maximum Gasteiger partial charge on any atom is 0.292 e. The number of amides is 2. The van der Waals surface area contributed by atoms with E-state index in [9.17, 15) is 19.7 Å². The molecule has 0 saturated carbocycles. The fraction of sp³-hybridized carbons (Fsp3) is 0.259. The van der Waals surface area contributed by atoms with Crippen molar-refractivity contribution < 1.29 is 14.5 Å². The Balaban J connectivity index is 1.36. The summed E-state index contributed by atoms with van der Waals surface area (Å²) in [6.07, 6.45) is 3.27. The molecule has 2 aromatic heterocycles. The zero-order valence-electron chi connectivity index (χ0n) is 21.4. The first-order valence-corrected chi connectivity index (χ1v) is 12.6. The standard InChI is InChI=1S/C27H28N8O4/c1-19(36)28-11-12-34(26-22-9-10-29-25(22)30-18-31-26)21-6-4-5-20(17-21)27(37)33-15-13-32(14-16-33)23-7-2-3-8-24(23)35(38)39/h2-10,17-18H,11-16H2,1H3,(H,28,36)(H,29,30,31). The summed E-state index contributed by atoms with van der Waals surface area (Å²) in [7, 11) is 0. The highest BCUT2D eigenvalue weighted by Crippen LogP contribution is 2.31. The van der Waals surface area contributed by atoms with E-state index in [2.05, 4.69) is 20.3 Å². The first kappa shape index (κ1) is 25.6. The second-order valence-corrected chi connectivity index (χ2v) is 9.15. The van der Waals surface area contributed by atoms with E-state index in [1.54, 1.807) is 35.4 Å². The lowest BCUT2D eigenvalue weighted by atomic mass is 10.1. The number of hydrogen-bond acceptors (Lipinski definition) is 8.